The molecule has 0 radical (unpaired) electrons. The topological polar surface area (TPSA) is 12.9 Å². The molecular formula is C9H14BFNP. The minimum Gasteiger partial charge on any atom is -0.258 e. The van der Waals surface area contributed by atoms with Crippen molar-refractivity contribution in [2.24, 2.45) is 0 Å². The van der Waals surface area contributed by atoms with Gasteiger partial charge in [0.1, 0.15) is 5.31 Å². The fraction of sp³-hybridized carbons (Fsp3) is 0.444. The van der Waals surface area contributed by atoms with E-state index in [0.717, 1.165) is 5.56 Å². The average molecular weight is 197 g/mol. The second-order valence-corrected chi connectivity index (χ2v) is 4.79. The summed E-state index contributed by atoms with van der Waals surface area (Å²) in [6.07, 6.45) is 1.74. The molecule has 2 atom stereocenters. The van der Waals surface area contributed by atoms with Gasteiger partial charge in [0, 0.05) is 6.20 Å². The maximum atomic E-state index is 13.4. The van der Waals surface area contributed by atoms with Crippen molar-refractivity contribution in [1.82, 2.24) is 4.98 Å². The number of hydrogen-bond acceptors (Lipinski definition) is 1. The van der Waals surface area contributed by atoms with Crippen LogP contribution in [-0.2, 0) is 5.31 Å². The van der Waals surface area contributed by atoms with E-state index in [1.54, 1.807) is 12.3 Å². The van der Waals surface area contributed by atoms with Gasteiger partial charge in [-0.2, -0.15) is 0 Å². The summed E-state index contributed by atoms with van der Waals surface area (Å²) in [5, 5.41) is -1.42. The predicted octanol–water partition coefficient (Wildman–Crippen LogP) is 1.79. The molecule has 0 aliphatic heterocycles. The Bertz CT molecular complexity index is 279. The number of alkyl halides is 1. The Hall–Kier alpha value is -0.425. The number of pyridine rings is 1. The predicted molar refractivity (Wildman–Crippen MR) is 59.4 cm³/mol. The average Bonchev–Trinajstić information content (AvgIpc) is 2.03. The maximum absolute atomic E-state index is 13.4. The van der Waals surface area contributed by atoms with Gasteiger partial charge in [-0.15, -0.1) is 9.24 Å². The zero-order valence-corrected chi connectivity index (χ0v) is 9.37. The number of nitrogens with zero attached hydrogens (tertiary/aromatic N) is 1. The van der Waals surface area contributed by atoms with E-state index < -0.39 is 5.31 Å². The highest BCUT2D eigenvalue weighted by atomic mass is 31.0. The van der Waals surface area contributed by atoms with E-state index in [2.05, 4.69) is 28.1 Å². The molecule has 0 amide bonds. The fourth-order valence-electron chi connectivity index (χ4n) is 1.04. The van der Waals surface area contributed by atoms with Gasteiger partial charge in [-0.25, -0.2) is 4.39 Å². The van der Waals surface area contributed by atoms with Gasteiger partial charge in [-0.1, -0.05) is 19.9 Å². The van der Waals surface area contributed by atoms with Gasteiger partial charge in [-0.05, 0) is 17.5 Å². The van der Waals surface area contributed by atoms with E-state index >= 15 is 0 Å². The van der Waals surface area contributed by atoms with Gasteiger partial charge in [-0.3, -0.25) is 4.98 Å². The maximum Gasteiger partial charge on any atom is 0.163 e. The highest BCUT2D eigenvalue weighted by Crippen LogP contribution is 2.28. The van der Waals surface area contributed by atoms with Crippen molar-refractivity contribution in [3.05, 3.63) is 29.6 Å². The second kappa shape index (κ2) is 3.75. The summed E-state index contributed by atoms with van der Waals surface area (Å²) in [7, 11) is 3.62. The molecule has 0 N–H and O–H groups in total. The summed E-state index contributed by atoms with van der Waals surface area (Å²) in [6.45, 7) is 4.18. The molecule has 13 heavy (non-hydrogen) atoms. The van der Waals surface area contributed by atoms with E-state index in [0.29, 0.717) is 11.6 Å². The molecule has 0 fully saturated rings. The van der Waals surface area contributed by atoms with Crippen LogP contribution in [0.3, 0.4) is 0 Å². The minimum absolute atomic E-state index is 0.442. The first-order chi connectivity index (χ1) is 5.91. The summed E-state index contributed by atoms with van der Waals surface area (Å²) in [4.78, 5) is 4.08. The summed E-state index contributed by atoms with van der Waals surface area (Å²) in [6, 6.07) is 3.66. The molecule has 1 aromatic rings. The lowest BCUT2D eigenvalue weighted by Crippen LogP contribution is -2.12. The van der Waals surface area contributed by atoms with Crippen LogP contribution in [0.5, 0.6) is 0 Å². The first kappa shape index (κ1) is 10.7. The molecule has 70 valence electrons. The van der Waals surface area contributed by atoms with Gasteiger partial charge < -0.3 is 0 Å². The van der Waals surface area contributed by atoms with Crippen molar-refractivity contribution in [2.75, 3.05) is 0 Å². The van der Waals surface area contributed by atoms with Crippen LogP contribution in [0.2, 0.25) is 0 Å². The second-order valence-electron chi connectivity index (χ2n) is 3.71. The largest absolute Gasteiger partial charge is 0.258 e. The summed E-state index contributed by atoms with van der Waals surface area (Å²) in [5.41, 5.74) is 1.60. The number of hydrogen-bond donors (Lipinski definition) is 0. The molecule has 0 aliphatic carbocycles. The molecule has 0 aliphatic rings. The molecule has 1 rings (SSSR count). The van der Waals surface area contributed by atoms with E-state index in [9.17, 15) is 4.39 Å². The molecule has 0 bridgehead atoms. The van der Waals surface area contributed by atoms with Crippen LogP contribution >= 0.6 is 9.24 Å². The van der Waals surface area contributed by atoms with Crippen molar-refractivity contribution < 1.29 is 4.39 Å². The molecular weight excluding hydrogens is 183 g/mol. The van der Waals surface area contributed by atoms with Crippen molar-refractivity contribution >= 4 is 17.1 Å². The number of halogens is 1. The van der Waals surface area contributed by atoms with Gasteiger partial charge in [0.05, 0.1) is 5.69 Å². The third kappa shape index (κ3) is 2.77. The van der Waals surface area contributed by atoms with Crippen LogP contribution in [-0.4, -0.2) is 12.8 Å². The van der Waals surface area contributed by atoms with Gasteiger partial charge in [0.2, 0.25) is 0 Å². The molecule has 1 aromatic heterocycles. The lowest BCUT2D eigenvalue weighted by atomic mass is 9.96. The Morgan fingerprint density at radius 1 is 1.54 bits per heavy atom. The Labute approximate surface area is 81.8 Å². The highest BCUT2D eigenvalue weighted by Gasteiger charge is 2.20. The monoisotopic (exact) mass is 197 g/mol. The van der Waals surface area contributed by atoms with E-state index in [1.807, 2.05) is 6.07 Å². The zero-order chi connectivity index (χ0) is 10.1. The Morgan fingerprint density at radius 3 is 2.46 bits per heavy atom. The van der Waals surface area contributed by atoms with Crippen LogP contribution in [0, 0.1) is 0 Å². The first-order valence-corrected chi connectivity index (χ1v) is 4.93. The van der Waals surface area contributed by atoms with Crippen molar-refractivity contribution in [3.63, 3.8) is 0 Å². The van der Waals surface area contributed by atoms with E-state index in [-0.39, 0.29) is 0 Å². The Balaban J connectivity index is 2.94. The zero-order valence-electron chi connectivity index (χ0n) is 8.21. The van der Waals surface area contributed by atoms with Crippen LogP contribution in [0.4, 0.5) is 4.39 Å². The molecule has 1 heterocycles. The molecule has 0 aromatic carbocycles. The van der Waals surface area contributed by atoms with Crippen LogP contribution in [0.25, 0.3) is 0 Å². The van der Waals surface area contributed by atoms with Crippen LogP contribution in [0.1, 0.15) is 31.0 Å². The lowest BCUT2D eigenvalue weighted by Gasteiger charge is -2.14. The summed E-state index contributed by atoms with van der Waals surface area (Å²) in [5.74, 6) is 0.442. The Morgan fingerprint density at radius 2 is 2.15 bits per heavy atom. The third-order valence-electron chi connectivity index (χ3n) is 1.95. The Kier molecular flexibility index (Phi) is 3.07. The fourth-order valence-corrected chi connectivity index (χ4v) is 1.21. The summed E-state index contributed by atoms with van der Waals surface area (Å²) >= 11 is 0. The van der Waals surface area contributed by atoms with Crippen molar-refractivity contribution in [1.29, 1.82) is 0 Å². The normalized spacial score (nSPS) is 15.8. The first-order valence-electron chi connectivity index (χ1n) is 4.35. The number of aromatic nitrogens is 1. The molecule has 0 spiro atoms. The highest BCUT2D eigenvalue weighted by molar-refractivity contribution is 7.21. The molecule has 2 unspecified atom stereocenters. The minimum atomic E-state index is -1.42. The van der Waals surface area contributed by atoms with E-state index in [1.165, 1.54) is 7.85 Å². The summed E-state index contributed by atoms with van der Waals surface area (Å²) < 4.78 is 13.4. The lowest BCUT2D eigenvalue weighted by molar-refractivity contribution is 0.404. The van der Waals surface area contributed by atoms with Gasteiger partial charge in [0.25, 0.3) is 0 Å². The van der Waals surface area contributed by atoms with E-state index in [4.69, 9.17) is 0 Å². The standard InChI is InChI=1S/C9H14BFNP/c1-6(2)7-3-4-8(12-5-7)9(10,11)13/h3-6H,10,13H2,1-2H3. The smallest absolute Gasteiger partial charge is 0.163 e. The van der Waals surface area contributed by atoms with Crippen LogP contribution < -0.4 is 0 Å². The molecule has 1 nitrogen and oxygen atoms in total. The van der Waals surface area contributed by atoms with Crippen molar-refractivity contribution in [3.8, 4) is 0 Å². The van der Waals surface area contributed by atoms with Crippen molar-refractivity contribution in [2.45, 2.75) is 25.1 Å². The number of rotatable bonds is 2. The molecule has 0 saturated heterocycles. The van der Waals surface area contributed by atoms with Gasteiger partial charge >= 0.3 is 0 Å². The SMILES string of the molecule is BC(F)(P)c1ccc(C(C)C)cn1. The third-order valence-corrected chi connectivity index (χ3v) is 2.25. The van der Waals surface area contributed by atoms with Crippen LogP contribution in [0.15, 0.2) is 18.3 Å². The van der Waals surface area contributed by atoms with Gasteiger partial charge in [0.15, 0.2) is 7.85 Å². The molecule has 0 saturated carbocycles. The molecule has 4 heteroatoms. The quantitative estimate of drug-likeness (QED) is 0.520.